The lowest BCUT2D eigenvalue weighted by Gasteiger charge is -2.06. The van der Waals surface area contributed by atoms with Crippen molar-refractivity contribution >= 4 is 5.91 Å². The molecule has 0 atom stereocenters. The predicted molar refractivity (Wildman–Crippen MR) is 73.5 cm³/mol. The topological polar surface area (TPSA) is 44.1 Å². The van der Waals surface area contributed by atoms with E-state index in [1.165, 1.54) is 4.68 Å². The van der Waals surface area contributed by atoms with E-state index in [0.717, 1.165) is 17.1 Å². The van der Waals surface area contributed by atoms with Crippen LogP contribution in [-0.2, 0) is 0 Å². The Balaban J connectivity index is 1.77. The number of rotatable bonds is 5. The minimum Gasteiger partial charge on any atom is -0.494 e. The Bertz CT molecular complexity index is 547. The summed E-state index contributed by atoms with van der Waals surface area (Å²) in [6.07, 6.45) is 1.13. The summed E-state index contributed by atoms with van der Waals surface area (Å²) in [5.41, 5.74) is 1.75. The minimum atomic E-state index is 0.0160. The van der Waals surface area contributed by atoms with E-state index < -0.39 is 0 Å². The highest BCUT2D eigenvalue weighted by Crippen LogP contribution is 2.09. The van der Waals surface area contributed by atoms with Crippen LogP contribution in [0.2, 0.25) is 0 Å². The molecule has 0 aliphatic rings. The third-order valence-electron chi connectivity index (χ3n) is 2.79. The summed E-state index contributed by atoms with van der Waals surface area (Å²) < 4.78 is 7.02. The van der Waals surface area contributed by atoms with Gasteiger partial charge in [-0.15, -0.1) is 0 Å². The molecular formula is C15H18N2O2. The molecule has 2 aromatic rings. The maximum Gasteiger partial charge on any atom is 0.247 e. The molecule has 100 valence electrons. The van der Waals surface area contributed by atoms with E-state index in [1.807, 2.05) is 50.2 Å². The quantitative estimate of drug-likeness (QED) is 0.774. The van der Waals surface area contributed by atoms with Gasteiger partial charge in [0.05, 0.1) is 12.3 Å². The zero-order valence-electron chi connectivity index (χ0n) is 11.3. The molecule has 0 aliphatic carbocycles. The molecular weight excluding hydrogens is 240 g/mol. The van der Waals surface area contributed by atoms with E-state index in [9.17, 15) is 4.79 Å². The molecule has 19 heavy (non-hydrogen) atoms. The first-order valence-electron chi connectivity index (χ1n) is 6.41. The molecule has 4 heteroatoms. The molecule has 0 saturated carbocycles. The SMILES string of the molecule is Cc1cc(C)n(C(=O)CCCOc2ccccc2)n1. The van der Waals surface area contributed by atoms with Crippen LogP contribution in [0.1, 0.15) is 29.0 Å². The number of aryl methyl sites for hydroxylation is 2. The van der Waals surface area contributed by atoms with Gasteiger partial charge in [-0.3, -0.25) is 4.79 Å². The standard InChI is InChI=1S/C15H18N2O2/c1-12-11-13(2)17(16-12)15(18)9-6-10-19-14-7-4-3-5-8-14/h3-5,7-8,11H,6,9-10H2,1-2H3. The van der Waals surface area contributed by atoms with E-state index in [2.05, 4.69) is 5.10 Å². The van der Waals surface area contributed by atoms with Crippen molar-refractivity contribution in [2.45, 2.75) is 26.7 Å². The largest absolute Gasteiger partial charge is 0.494 e. The lowest BCUT2D eigenvalue weighted by Crippen LogP contribution is -2.15. The third-order valence-corrected chi connectivity index (χ3v) is 2.79. The normalized spacial score (nSPS) is 10.4. The van der Waals surface area contributed by atoms with Crippen LogP contribution >= 0.6 is 0 Å². The molecule has 0 spiro atoms. The molecule has 1 aromatic carbocycles. The highest BCUT2D eigenvalue weighted by Gasteiger charge is 2.09. The number of para-hydroxylation sites is 1. The molecule has 0 unspecified atom stereocenters. The molecule has 0 fully saturated rings. The van der Waals surface area contributed by atoms with Crippen molar-refractivity contribution < 1.29 is 9.53 Å². The maximum atomic E-state index is 11.9. The fourth-order valence-electron chi connectivity index (χ4n) is 1.92. The average Bonchev–Trinajstić information content (AvgIpc) is 2.75. The van der Waals surface area contributed by atoms with Gasteiger partial charge < -0.3 is 4.74 Å². The second-order valence-electron chi connectivity index (χ2n) is 4.50. The molecule has 1 heterocycles. The van der Waals surface area contributed by atoms with Crippen LogP contribution in [0.4, 0.5) is 0 Å². The van der Waals surface area contributed by atoms with E-state index >= 15 is 0 Å². The number of ether oxygens (including phenoxy) is 1. The van der Waals surface area contributed by atoms with Crippen LogP contribution in [0.15, 0.2) is 36.4 Å². The van der Waals surface area contributed by atoms with Crippen molar-refractivity contribution in [2.75, 3.05) is 6.61 Å². The first kappa shape index (κ1) is 13.3. The van der Waals surface area contributed by atoms with Crippen molar-refractivity contribution in [3.8, 4) is 5.75 Å². The number of carbonyl (C=O) groups is 1. The molecule has 1 aromatic heterocycles. The van der Waals surface area contributed by atoms with Crippen molar-refractivity contribution in [3.05, 3.63) is 47.8 Å². The smallest absolute Gasteiger partial charge is 0.247 e. The van der Waals surface area contributed by atoms with Gasteiger partial charge in [-0.1, -0.05) is 18.2 Å². The van der Waals surface area contributed by atoms with E-state index in [0.29, 0.717) is 19.4 Å². The highest BCUT2D eigenvalue weighted by molar-refractivity contribution is 5.78. The number of nitrogens with zero attached hydrogens (tertiary/aromatic N) is 2. The zero-order chi connectivity index (χ0) is 13.7. The lowest BCUT2D eigenvalue weighted by atomic mass is 10.3. The second-order valence-corrected chi connectivity index (χ2v) is 4.50. The van der Waals surface area contributed by atoms with E-state index in [-0.39, 0.29) is 5.91 Å². The Kier molecular flexibility index (Phi) is 4.34. The number of carbonyl (C=O) groups excluding carboxylic acids is 1. The van der Waals surface area contributed by atoms with Crippen molar-refractivity contribution in [1.29, 1.82) is 0 Å². The number of benzene rings is 1. The molecule has 0 N–H and O–H groups in total. The first-order valence-corrected chi connectivity index (χ1v) is 6.41. The molecule has 4 nitrogen and oxygen atoms in total. The van der Waals surface area contributed by atoms with Crippen LogP contribution in [0, 0.1) is 13.8 Å². The first-order chi connectivity index (χ1) is 9.16. The molecule has 0 saturated heterocycles. The second kappa shape index (κ2) is 6.18. The molecule has 0 radical (unpaired) electrons. The summed E-state index contributed by atoms with van der Waals surface area (Å²) >= 11 is 0. The summed E-state index contributed by atoms with van der Waals surface area (Å²) in [5.74, 6) is 0.850. The van der Waals surface area contributed by atoms with Gasteiger partial charge in [-0.05, 0) is 38.5 Å². The predicted octanol–water partition coefficient (Wildman–Crippen LogP) is 3.00. The summed E-state index contributed by atoms with van der Waals surface area (Å²) in [7, 11) is 0. The number of aromatic nitrogens is 2. The zero-order valence-corrected chi connectivity index (χ0v) is 11.3. The van der Waals surface area contributed by atoms with Gasteiger partial charge in [0.2, 0.25) is 5.91 Å². The Labute approximate surface area is 113 Å². The minimum absolute atomic E-state index is 0.0160. The van der Waals surface area contributed by atoms with Gasteiger partial charge in [-0.25, -0.2) is 4.68 Å². The lowest BCUT2D eigenvalue weighted by molar-refractivity contribution is 0.0874. The molecule has 0 bridgehead atoms. The average molecular weight is 258 g/mol. The van der Waals surface area contributed by atoms with Gasteiger partial charge >= 0.3 is 0 Å². The van der Waals surface area contributed by atoms with Crippen molar-refractivity contribution in [2.24, 2.45) is 0 Å². The van der Waals surface area contributed by atoms with Crippen molar-refractivity contribution in [3.63, 3.8) is 0 Å². The Morgan fingerprint density at radius 2 is 2.00 bits per heavy atom. The Morgan fingerprint density at radius 3 is 2.63 bits per heavy atom. The van der Waals surface area contributed by atoms with Crippen LogP contribution < -0.4 is 4.74 Å². The van der Waals surface area contributed by atoms with Crippen LogP contribution in [0.3, 0.4) is 0 Å². The third kappa shape index (κ3) is 3.68. The monoisotopic (exact) mass is 258 g/mol. The summed E-state index contributed by atoms with van der Waals surface area (Å²) in [4.78, 5) is 11.9. The van der Waals surface area contributed by atoms with Gasteiger partial charge in [0.1, 0.15) is 5.75 Å². The highest BCUT2D eigenvalue weighted by atomic mass is 16.5. The Hall–Kier alpha value is -2.10. The van der Waals surface area contributed by atoms with Gasteiger partial charge in [0.25, 0.3) is 0 Å². The molecule has 0 aliphatic heterocycles. The summed E-state index contributed by atoms with van der Waals surface area (Å²) in [6.45, 7) is 4.31. The number of hydrogen-bond acceptors (Lipinski definition) is 3. The number of hydrogen-bond donors (Lipinski definition) is 0. The molecule has 0 amide bonds. The van der Waals surface area contributed by atoms with Gasteiger partial charge in [0.15, 0.2) is 0 Å². The fraction of sp³-hybridized carbons (Fsp3) is 0.333. The maximum absolute atomic E-state index is 11.9. The summed E-state index contributed by atoms with van der Waals surface area (Å²) in [6, 6.07) is 11.5. The van der Waals surface area contributed by atoms with Crippen LogP contribution in [0.25, 0.3) is 0 Å². The fourth-order valence-corrected chi connectivity index (χ4v) is 1.92. The van der Waals surface area contributed by atoms with Gasteiger partial charge in [0, 0.05) is 12.1 Å². The van der Waals surface area contributed by atoms with E-state index in [4.69, 9.17) is 4.74 Å². The summed E-state index contributed by atoms with van der Waals surface area (Å²) in [5, 5.41) is 4.17. The Morgan fingerprint density at radius 1 is 1.26 bits per heavy atom. The van der Waals surface area contributed by atoms with Crippen molar-refractivity contribution in [1.82, 2.24) is 9.78 Å². The molecule has 2 rings (SSSR count). The van der Waals surface area contributed by atoms with Crippen LogP contribution in [-0.4, -0.2) is 22.3 Å². The van der Waals surface area contributed by atoms with Gasteiger partial charge in [-0.2, -0.15) is 5.10 Å². The van der Waals surface area contributed by atoms with Crippen LogP contribution in [0.5, 0.6) is 5.75 Å². The van der Waals surface area contributed by atoms with E-state index in [1.54, 1.807) is 0 Å².